The first-order chi connectivity index (χ1) is 9.24. The fraction of sp³-hybridized carbons (Fsp3) is 0.385. The lowest BCUT2D eigenvalue weighted by molar-refractivity contribution is 0.0944. The minimum atomic E-state index is -0.0710. The van der Waals surface area contributed by atoms with Gasteiger partial charge in [0.2, 0.25) is 0 Å². The lowest BCUT2D eigenvalue weighted by Gasteiger charge is -2.08. The number of imidazole rings is 1. The number of H-pyrrole nitrogens is 1. The fourth-order valence-corrected chi connectivity index (χ4v) is 2.31. The van der Waals surface area contributed by atoms with E-state index in [2.05, 4.69) is 15.3 Å². The van der Waals surface area contributed by atoms with E-state index in [-0.39, 0.29) is 5.91 Å². The van der Waals surface area contributed by atoms with E-state index in [1.807, 2.05) is 10.8 Å². The van der Waals surface area contributed by atoms with Crippen LogP contribution in [0.5, 0.6) is 0 Å². The molecule has 3 rings (SSSR count). The van der Waals surface area contributed by atoms with Crippen molar-refractivity contribution in [1.29, 1.82) is 0 Å². The number of nitrogens with zero attached hydrogens (tertiary/aromatic N) is 2. The average molecular weight is 279 g/mol. The summed E-state index contributed by atoms with van der Waals surface area (Å²) in [5, 5.41) is 3.52. The molecule has 0 unspecified atom stereocenters. The third-order valence-electron chi connectivity index (χ3n) is 3.22. The van der Waals surface area contributed by atoms with Crippen molar-refractivity contribution in [2.75, 3.05) is 6.54 Å². The highest BCUT2D eigenvalue weighted by molar-refractivity contribution is 6.31. The maximum atomic E-state index is 12.1. The summed E-state index contributed by atoms with van der Waals surface area (Å²) in [6.45, 7) is 0.578. The number of hydrogen-bond acceptors (Lipinski definition) is 2. The van der Waals surface area contributed by atoms with Crippen LogP contribution in [-0.2, 0) is 6.42 Å². The number of carbonyl (C=O) groups is 1. The van der Waals surface area contributed by atoms with E-state index in [4.69, 9.17) is 11.6 Å². The summed E-state index contributed by atoms with van der Waals surface area (Å²) >= 11 is 5.98. The molecule has 1 amide bonds. The van der Waals surface area contributed by atoms with Crippen molar-refractivity contribution < 1.29 is 4.79 Å². The Balaban J connectivity index is 1.60. The van der Waals surface area contributed by atoms with E-state index in [1.165, 1.54) is 0 Å². The third kappa shape index (κ3) is 2.81. The zero-order valence-corrected chi connectivity index (χ0v) is 11.2. The van der Waals surface area contributed by atoms with Crippen molar-refractivity contribution in [2.24, 2.45) is 0 Å². The van der Waals surface area contributed by atoms with Crippen LogP contribution in [0.3, 0.4) is 0 Å². The maximum Gasteiger partial charge on any atom is 0.267 e. The van der Waals surface area contributed by atoms with Crippen LogP contribution in [0.25, 0.3) is 0 Å². The molecule has 1 aliphatic rings. The summed E-state index contributed by atoms with van der Waals surface area (Å²) in [6, 6.07) is 2.17. The molecule has 0 saturated heterocycles. The van der Waals surface area contributed by atoms with E-state index >= 15 is 0 Å². The quantitative estimate of drug-likeness (QED) is 0.880. The van der Waals surface area contributed by atoms with Gasteiger partial charge in [-0.3, -0.25) is 4.79 Å². The van der Waals surface area contributed by atoms with Crippen LogP contribution < -0.4 is 5.32 Å². The molecule has 0 spiro atoms. The average Bonchev–Trinajstić information content (AvgIpc) is 2.96. The Hall–Kier alpha value is -1.75. The zero-order valence-electron chi connectivity index (χ0n) is 10.4. The Bertz CT molecular complexity index is 571. The molecule has 2 heterocycles. The molecule has 0 radical (unpaired) electrons. The molecule has 6 heteroatoms. The lowest BCUT2D eigenvalue weighted by atomic mass is 10.3. The Morgan fingerprint density at radius 2 is 2.42 bits per heavy atom. The fourth-order valence-electron chi connectivity index (χ4n) is 2.11. The molecule has 0 bridgehead atoms. The predicted octanol–water partition coefficient (Wildman–Crippen LogP) is 2.17. The first-order valence-electron chi connectivity index (χ1n) is 6.37. The molecule has 1 saturated carbocycles. The molecular weight excluding hydrogens is 264 g/mol. The van der Waals surface area contributed by atoms with Gasteiger partial charge in [0.25, 0.3) is 5.91 Å². The molecule has 2 N–H and O–H groups in total. The standard InChI is InChI=1S/C13H15ClN4O/c14-9-5-12(18(7-9)11-1-2-11)13(19)16-4-3-10-6-15-8-17-10/h5-8,11H,1-4H2,(H,15,17)(H,16,19). The van der Waals surface area contributed by atoms with Crippen LogP contribution in [0.1, 0.15) is 35.1 Å². The number of aromatic amines is 1. The lowest BCUT2D eigenvalue weighted by Crippen LogP contribution is -2.27. The second kappa shape index (κ2) is 5.09. The van der Waals surface area contributed by atoms with E-state index in [1.54, 1.807) is 18.6 Å². The largest absolute Gasteiger partial charge is 0.350 e. The number of aromatic nitrogens is 3. The molecule has 2 aromatic rings. The van der Waals surface area contributed by atoms with Crippen molar-refractivity contribution in [1.82, 2.24) is 19.9 Å². The Kier molecular flexibility index (Phi) is 3.29. The van der Waals surface area contributed by atoms with Gasteiger partial charge >= 0.3 is 0 Å². The number of amides is 1. The van der Waals surface area contributed by atoms with Gasteiger partial charge in [-0.2, -0.15) is 0 Å². The molecule has 0 aliphatic heterocycles. The summed E-state index contributed by atoms with van der Waals surface area (Å²) in [4.78, 5) is 19.1. The number of carbonyl (C=O) groups excluding carboxylic acids is 1. The second-order valence-corrected chi connectivity index (χ2v) is 5.20. The highest BCUT2D eigenvalue weighted by Crippen LogP contribution is 2.37. The zero-order chi connectivity index (χ0) is 13.2. The van der Waals surface area contributed by atoms with Gasteiger partial charge in [-0.15, -0.1) is 0 Å². The highest BCUT2D eigenvalue weighted by Gasteiger charge is 2.27. The smallest absolute Gasteiger partial charge is 0.267 e. The molecule has 19 heavy (non-hydrogen) atoms. The van der Waals surface area contributed by atoms with Gasteiger partial charge in [-0.25, -0.2) is 4.98 Å². The van der Waals surface area contributed by atoms with Gasteiger partial charge in [-0.1, -0.05) is 11.6 Å². The first kappa shape index (κ1) is 12.3. The molecular formula is C13H15ClN4O. The topological polar surface area (TPSA) is 62.7 Å². The first-order valence-corrected chi connectivity index (χ1v) is 6.74. The van der Waals surface area contributed by atoms with Crippen LogP contribution in [-0.4, -0.2) is 27.0 Å². The SMILES string of the molecule is O=C(NCCc1cnc[nH]1)c1cc(Cl)cn1C1CC1. The van der Waals surface area contributed by atoms with Gasteiger partial charge < -0.3 is 14.9 Å². The summed E-state index contributed by atoms with van der Waals surface area (Å²) < 4.78 is 1.98. The third-order valence-corrected chi connectivity index (χ3v) is 3.43. The van der Waals surface area contributed by atoms with Gasteiger partial charge in [0.15, 0.2) is 0 Å². The predicted molar refractivity (Wildman–Crippen MR) is 72.3 cm³/mol. The normalized spacial score (nSPS) is 14.6. The van der Waals surface area contributed by atoms with Crippen LogP contribution in [0.15, 0.2) is 24.8 Å². The number of nitrogens with one attached hydrogen (secondary N) is 2. The second-order valence-electron chi connectivity index (χ2n) is 4.76. The molecule has 0 aromatic carbocycles. The van der Waals surface area contributed by atoms with E-state index in [0.29, 0.717) is 23.3 Å². The van der Waals surface area contributed by atoms with Crippen LogP contribution in [0.4, 0.5) is 0 Å². The molecule has 1 fully saturated rings. The summed E-state index contributed by atoms with van der Waals surface area (Å²) in [6.07, 6.45) is 8.22. The Morgan fingerprint density at radius 1 is 1.58 bits per heavy atom. The van der Waals surface area contributed by atoms with Crippen molar-refractivity contribution in [2.45, 2.75) is 25.3 Å². The van der Waals surface area contributed by atoms with Gasteiger partial charge in [0, 0.05) is 37.1 Å². The van der Waals surface area contributed by atoms with Crippen molar-refractivity contribution in [3.05, 3.63) is 41.2 Å². The summed E-state index contributed by atoms with van der Waals surface area (Å²) in [5.41, 5.74) is 1.66. The maximum absolute atomic E-state index is 12.1. The van der Waals surface area contributed by atoms with Crippen LogP contribution >= 0.6 is 11.6 Å². The van der Waals surface area contributed by atoms with E-state index in [0.717, 1.165) is 25.0 Å². The van der Waals surface area contributed by atoms with Gasteiger partial charge in [-0.05, 0) is 18.9 Å². The van der Waals surface area contributed by atoms with Crippen LogP contribution in [0, 0.1) is 0 Å². The molecule has 2 aromatic heterocycles. The van der Waals surface area contributed by atoms with Crippen LogP contribution in [0.2, 0.25) is 5.02 Å². The van der Waals surface area contributed by atoms with Gasteiger partial charge in [0.1, 0.15) is 5.69 Å². The van der Waals surface area contributed by atoms with Crippen molar-refractivity contribution in [3.63, 3.8) is 0 Å². The number of hydrogen-bond donors (Lipinski definition) is 2. The Morgan fingerprint density at radius 3 is 3.11 bits per heavy atom. The van der Waals surface area contributed by atoms with Gasteiger partial charge in [0.05, 0.1) is 11.3 Å². The van der Waals surface area contributed by atoms with Crippen molar-refractivity contribution >= 4 is 17.5 Å². The minimum Gasteiger partial charge on any atom is -0.350 e. The molecule has 1 aliphatic carbocycles. The number of rotatable bonds is 5. The summed E-state index contributed by atoms with van der Waals surface area (Å²) in [7, 11) is 0. The summed E-state index contributed by atoms with van der Waals surface area (Å²) in [5.74, 6) is -0.0710. The van der Waals surface area contributed by atoms with E-state index < -0.39 is 0 Å². The molecule has 5 nitrogen and oxygen atoms in total. The molecule has 100 valence electrons. The highest BCUT2D eigenvalue weighted by atomic mass is 35.5. The minimum absolute atomic E-state index is 0.0710. The molecule has 0 atom stereocenters. The monoisotopic (exact) mass is 278 g/mol. The number of halogens is 1. The Labute approximate surface area is 116 Å². The van der Waals surface area contributed by atoms with Crippen molar-refractivity contribution in [3.8, 4) is 0 Å². The van der Waals surface area contributed by atoms with E-state index in [9.17, 15) is 4.79 Å².